The third-order valence-corrected chi connectivity index (χ3v) is 9.52. The van der Waals surface area contributed by atoms with Crippen molar-refractivity contribution in [3.63, 3.8) is 0 Å². The van der Waals surface area contributed by atoms with Gasteiger partial charge in [0.25, 0.3) is 0 Å². The summed E-state index contributed by atoms with van der Waals surface area (Å²) in [5.74, 6) is 3.90. The zero-order valence-electron chi connectivity index (χ0n) is 29.4. The molecular formula is C40H39NO9S. The number of aromatic nitrogens is 1. The lowest BCUT2D eigenvalue weighted by atomic mass is 10.1. The molecule has 0 unspecified atom stereocenters. The van der Waals surface area contributed by atoms with Crippen molar-refractivity contribution in [3.8, 4) is 62.8 Å². The SMILES string of the molecule is COc1ccc(-c2cc(SCCCCOc3c(-c4cc(OC)c(OC)c(OC)c4)oc4cc(OC)cc(OC)c4c3=O)c3ccccc3n2)cc1. The number of thioether (sulfide) groups is 1. The molecule has 0 fully saturated rings. The van der Waals surface area contributed by atoms with Gasteiger partial charge in [0.15, 0.2) is 17.3 Å². The van der Waals surface area contributed by atoms with Crippen LogP contribution in [0.25, 0.3) is 44.5 Å². The maximum atomic E-state index is 14.1. The molecule has 6 aromatic rings. The van der Waals surface area contributed by atoms with Crippen molar-refractivity contribution >= 4 is 33.6 Å². The molecule has 0 saturated carbocycles. The molecule has 2 aromatic heterocycles. The Morgan fingerprint density at radius 3 is 2.04 bits per heavy atom. The number of ether oxygens (including phenoxy) is 7. The summed E-state index contributed by atoms with van der Waals surface area (Å²) >= 11 is 1.77. The van der Waals surface area contributed by atoms with Crippen molar-refractivity contribution in [3.05, 3.63) is 89.1 Å². The molecule has 0 aliphatic heterocycles. The topological polar surface area (TPSA) is 108 Å². The van der Waals surface area contributed by atoms with E-state index in [1.165, 1.54) is 35.5 Å². The van der Waals surface area contributed by atoms with Gasteiger partial charge in [-0.1, -0.05) is 18.2 Å². The molecule has 0 amide bonds. The summed E-state index contributed by atoms with van der Waals surface area (Å²) < 4.78 is 45.7. The molecule has 2 heterocycles. The van der Waals surface area contributed by atoms with Gasteiger partial charge in [0.05, 0.1) is 60.5 Å². The number of nitrogens with zero attached hydrogens (tertiary/aromatic N) is 1. The Balaban J connectivity index is 1.25. The number of methoxy groups -OCH3 is 6. The van der Waals surface area contributed by atoms with Crippen LogP contribution in [0.3, 0.4) is 0 Å². The molecule has 0 spiro atoms. The number of benzene rings is 4. The fraction of sp³-hybridized carbons (Fsp3) is 0.250. The molecule has 0 aliphatic rings. The van der Waals surface area contributed by atoms with Crippen molar-refractivity contribution in [2.24, 2.45) is 0 Å². The summed E-state index contributed by atoms with van der Waals surface area (Å²) in [5, 5.41) is 1.35. The van der Waals surface area contributed by atoms with Crippen molar-refractivity contribution in [2.75, 3.05) is 55.0 Å². The Morgan fingerprint density at radius 2 is 1.37 bits per heavy atom. The Hall–Kier alpha value is -5.55. The minimum absolute atomic E-state index is 0.0529. The van der Waals surface area contributed by atoms with Crippen molar-refractivity contribution in [2.45, 2.75) is 17.7 Å². The summed E-state index contributed by atoms with van der Waals surface area (Å²) in [6, 6.07) is 24.9. The minimum Gasteiger partial charge on any atom is -0.497 e. The molecule has 0 saturated heterocycles. The van der Waals surface area contributed by atoms with Gasteiger partial charge >= 0.3 is 0 Å². The van der Waals surface area contributed by atoms with Crippen LogP contribution < -0.4 is 38.6 Å². The van der Waals surface area contributed by atoms with Crippen LogP contribution in [0.2, 0.25) is 0 Å². The number of pyridine rings is 1. The van der Waals surface area contributed by atoms with Crippen molar-refractivity contribution in [1.29, 1.82) is 0 Å². The highest BCUT2D eigenvalue weighted by Gasteiger charge is 2.24. The first-order valence-corrected chi connectivity index (χ1v) is 17.2. The van der Waals surface area contributed by atoms with E-state index in [4.69, 9.17) is 42.6 Å². The quantitative estimate of drug-likeness (QED) is 0.0755. The van der Waals surface area contributed by atoms with E-state index < -0.39 is 0 Å². The van der Waals surface area contributed by atoms with Crippen LogP contribution in [0.15, 0.2) is 93.0 Å². The van der Waals surface area contributed by atoms with E-state index in [1.807, 2.05) is 42.5 Å². The fourth-order valence-electron chi connectivity index (χ4n) is 5.79. The van der Waals surface area contributed by atoms with E-state index in [9.17, 15) is 4.79 Å². The van der Waals surface area contributed by atoms with Crippen molar-refractivity contribution in [1.82, 2.24) is 4.98 Å². The minimum atomic E-state index is -0.372. The highest BCUT2D eigenvalue weighted by molar-refractivity contribution is 7.99. The Morgan fingerprint density at radius 1 is 0.667 bits per heavy atom. The first-order valence-electron chi connectivity index (χ1n) is 16.3. The van der Waals surface area contributed by atoms with Crippen LogP contribution in [0.5, 0.6) is 40.2 Å². The van der Waals surface area contributed by atoms with E-state index in [0.29, 0.717) is 40.7 Å². The van der Waals surface area contributed by atoms with E-state index in [2.05, 4.69) is 12.1 Å². The largest absolute Gasteiger partial charge is 0.497 e. The van der Waals surface area contributed by atoms with Gasteiger partial charge in [0, 0.05) is 33.5 Å². The predicted octanol–water partition coefficient (Wildman–Crippen LogP) is 8.68. The molecule has 51 heavy (non-hydrogen) atoms. The molecule has 0 radical (unpaired) electrons. The van der Waals surface area contributed by atoms with Gasteiger partial charge < -0.3 is 37.6 Å². The number of para-hydroxylation sites is 1. The summed E-state index contributed by atoms with van der Waals surface area (Å²) in [7, 11) is 9.26. The van der Waals surface area contributed by atoms with Gasteiger partial charge in [-0.25, -0.2) is 4.98 Å². The van der Waals surface area contributed by atoms with E-state index >= 15 is 0 Å². The second-order valence-electron chi connectivity index (χ2n) is 11.4. The maximum absolute atomic E-state index is 14.1. The molecule has 4 aromatic carbocycles. The monoisotopic (exact) mass is 709 g/mol. The standard InChI is InChI=1S/C40H39NO9S/c1-43-26-15-13-24(14-16-26)30-23-35(28-11-7-8-12-29(28)41-30)51-18-10-9-17-49-40-37(42)36-31(45-3)21-27(44-2)22-32(36)50-38(40)25-19-33(46-4)39(48-6)34(20-25)47-5/h7-8,11-16,19-23H,9-10,17-18H2,1-6H3. The summed E-state index contributed by atoms with van der Waals surface area (Å²) in [6.45, 7) is 0.279. The van der Waals surface area contributed by atoms with Gasteiger partial charge in [-0.2, -0.15) is 0 Å². The second kappa shape index (κ2) is 16.0. The van der Waals surface area contributed by atoms with Crippen LogP contribution in [0, 0.1) is 0 Å². The lowest BCUT2D eigenvalue weighted by Gasteiger charge is -2.17. The average Bonchev–Trinajstić information content (AvgIpc) is 3.18. The lowest BCUT2D eigenvalue weighted by molar-refractivity contribution is 0.301. The summed E-state index contributed by atoms with van der Waals surface area (Å²) in [5.41, 5.74) is 3.27. The smallest absolute Gasteiger partial charge is 0.239 e. The normalized spacial score (nSPS) is 11.0. The van der Waals surface area contributed by atoms with E-state index in [0.717, 1.165) is 45.0 Å². The van der Waals surface area contributed by atoms with Gasteiger partial charge in [-0.05, 0) is 67.1 Å². The van der Waals surface area contributed by atoms with Gasteiger partial charge in [0.1, 0.15) is 28.2 Å². The maximum Gasteiger partial charge on any atom is 0.239 e. The molecule has 11 heteroatoms. The highest BCUT2D eigenvalue weighted by atomic mass is 32.2. The zero-order valence-corrected chi connectivity index (χ0v) is 30.2. The Bertz CT molecular complexity index is 2190. The highest BCUT2D eigenvalue weighted by Crippen LogP contribution is 2.44. The molecule has 0 atom stereocenters. The van der Waals surface area contributed by atoms with Crippen molar-refractivity contribution < 1.29 is 37.6 Å². The van der Waals surface area contributed by atoms with E-state index in [1.54, 1.807) is 43.1 Å². The van der Waals surface area contributed by atoms with Crippen LogP contribution in [-0.2, 0) is 0 Å². The van der Waals surface area contributed by atoms with Crippen LogP contribution in [-0.4, -0.2) is 60.0 Å². The number of unbranched alkanes of at least 4 members (excludes halogenated alkanes) is 1. The second-order valence-corrected chi connectivity index (χ2v) is 12.5. The predicted molar refractivity (Wildman–Crippen MR) is 200 cm³/mol. The first kappa shape index (κ1) is 35.3. The third kappa shape index (κ3) is 7.34. The Kier molecular flexibility index (Phi) is 11.1. The number of hydrogen-bond donors (Lipinski definition) is 0. The first-order chi connectivity index (χ1) is 24.9. The summed E-state index contributed by atoms with van der Waals surface area (Å²) in [6.07, 6.45) is 1.52. The van der Waals surface area contributed by atoms with Crippen LogP contribution in [0.4, 0.5) is 0 Å². The number of rotatable bonds is 15. The molecular weight excluding hydrogens is 671 g/mol. The van der Waals surface area contributed by atoms with Crippen LogP contribution >= 0.6 is 11.8 Å². The molecule has 264 valence electrons. The summed E-state index contributed by atoms with van der Waals surface area (Å²) in [4.78, 5) is 20.2. The molecule has 10 nitrogen and oxygen atoms in total. The van der Waals surface area contributed by atoms with E-state index in [-0.39, 0.29) is 34.5 Å². The van der Waals surface area contributed by atoms with Gasteiger partial charge in [-0.3, -0.25) is 4.79 Å². The Labute approximate surface area is 300 Å². The van der Waals surface area contributed by atoms with Gasteiger partial charge in [-0.15, -0.1) is 11.8 Å². The number of hydrogen-bond acceptors (Lipinski definition) is 11. The molecule has 6 rings (SSSR count). The molecule has 0 N–H and O–H groups in total. The number of fused-ring (bicyclic) bond motifs is 2. The van der Waals surface area contributed by atoms with Crippen LogP contribution in [0.1, 0.15) is 12.8 Å². The van der Waals surface area contributed by atoms with Gasteiger partial charge in [0.2, 0.25) is 16.9 Å². The fourth-order valence-corrected chi connectivity index (χ4v) is 6.88. The molecule has 0 bridgehead atoms. The third-order valence-electron chi connectivity index (χ3n) is 8.38. The lowest BCUT2D eigenvalue weighted by Crippen LogP contribution is -2.12. The molecule has 0 aliphatic carbocycles. The zero-order chi connectivity index (χ0) is 35.9. The average molecular weight is 710 g/mol.